The Hall–Kier alpha value is -0.160. The van der Waals surface area contributed by atoms with Gasteiger partial charge in [0.2, 0.25) is 0 Å². The van der Waals surface area contributed by atoms with Gasteiger partial charge in [-0.05, 0) is 22.0 Å². The minimum atomic E-state index is -0.273. The van der Waals surface area contributed by atoms with Crippen molar-refractivity contribution in [2.75, 3.05) is 13.7 Å². The summed E-state index contributed by atoms with van der Waals surface area (Å²) in [5.74, 6) is 0. The lowest BCUT2D eigenvalue weighted by Crippen LogP contribution is -2.17. The molecular weight excluding hydrogens is 255 g/mol. The molecule has 0 aromatic carbocycles. The van der Waals surface area contributed by atoms with Crippen LogP contribution in [0.25, 0.3) is 0 Å². The molecule has 0 bridgehead atoms. The highest BCUT2D eigenvalue weighted by Gasteiger charge is 2.11. The highest BCUT2D eigenvalue weighted by molar-refractivity contribution is 9.10. The molecular formula is C8H10BrClN2O. The molecule has 0 spiro atoms. The Morgan fingerprint density at radius 3 is 3.00 bits per heavy atom. The van der Waals surface area contributed by atoms with Crippen molar-refractivity contribution in [2.45, 2.75) is 6.04 Å². The van der Waals surface area contributed by atoms with E-state index in [1.54, 1.807) is 19.4 Å². The lowest BCUT2D eigenvalue weighted by molar-refractivity contribution is 0.179. The summed E-state index contributed by atoms with van der Waals surface area (Å²) in [6.45, 7) is 0.411. The topological polar surface area (TPSA) is 48.1 Å². The van der Waals surface area contributed by atoms with Crippen molar-refractivity contribution in [3.8, 4) is 0 Å². The number of rotatable bonds is 3. The molecule has 1 aromatic rings. The zero-order valence-electron chi connectivity index (χ0n) is 7.13. The number of hydrogen-bond acceptors (Lipinski definition) is 3. The molecule has 2 N–H and O–H groups in total. The van der Waals surface area contributed by atoms with Crippen LogP contribution >= 0.6 is 27.5 Å². The van der Waals surface area contributed by atoms with E-state index in [1.165, 1.54) is 0 Å². The standard InChI is InChI=1S/C8H10BrClN2O/c1-13-4-7(11)8-6(10)2-5(9)3-12-8/h2-3,7H,4,11H2,1H3/t7-/m1/s1. The number of aromatic nitrogens is 1. The molecule has 1 heterocycles. The molecule has 0 aliphatic heterocycles. The van der Waals surface area contributed by atoms with Crippen molar-refractivity contribution in [1.29, 1.82) is 0 Å². The quantitative estimate of drug-likeness (QED) is 0.911. The first-order chi connectivity index (χ1) is 6.15. The molecule has 5 heteroatoms. The molecule has 0 radical (unpaired) electrons. The highest BCUT2D eigenvalue weighted by atomic mass is 79.9. The van der Waals surface area contributed by atoms with E-state index in [-0.39, 0.29) is 6.04 Å². The van der Waals surface area contributed by atoms with Gasteiger partial charge in [-0.3, -0.25) is 4.98 Å². The van der Waals surface area contributed by atoms with Gasteiger partial charge in [-0.15, -0.1) is 0 Å². The molecule has 13 heavy (non-hydrogen) atoms. The van der Waals surface area contributed by atoms with Crippen LogP contribution in [0.2, 0.25) is 5.02 Å². The number of hydrogen-bond donors (Lipinski definition) is 1. The second-order valence-corrected chi connectivity index (χ2v) is 3.91. The molecule has 0 aliphatic carbocycles. The Labute approximate surface area is 90.4 Å². The van der Waals surface area contributed by atoms with Crippen molar-refractivity contribution < 1.29 is 4.74 Å². The van der Waals surface area contributed by atoms with Gasteiger partial charge >= 0.3 is 0 Å². The van der Waals surface area contributed by atoms with Gasteiger partial charge in [-0.25, -0.2) is 0 Å². The van der Waals surface area contributed by atoms with E-state index in [9.17, 15) is 0 Å². The fraction of sp³-hybridized carbons (Fsp3) is 0.375. The van der Waals surface area contributed by atoms with E-state index >= 15 is 0 Å². The molecule has 0 saturated carbocycles. The van der Waals surface area contributed by atoms with Crippen LogP contribution in [-0.4, -0.2) is 18.7 Å². The first-order valence-electron chi connectivity index (χ1n) is 3.70. The summed E-state index contributed by atoms with van der Waals surface area (Å²) in [5.41, 5.74) is 6.43. The normalized spacial score (nSPS) is 12.9. The SMILES string of the molecule is COC[C@@H](N)c1ncc(Br)cc1Cl. The van der Waals surface area contributed by atoms with Gasteiger partial charge in [0.1, 0.15) is 0 Å². The minimum Gasteiger partial charge on any atom is -0.383 e. The van der Waals surface area contributed by atoms with E-state index in [0.717, 1.165) is 4.47 Å². The second-order valence-electron chi connectivity index (χ2n) is 2.58. The molecule has 72 valence electrons. The van der Waals surface area contributed by atoms with Gasteiger partial charge < -0.3 is 10.5 Å². The van der Waals surface area contributed by atoms with Gasteiger partial charge in [-0.1, -0.05) is 11.6 Å². The molecule has 0 amide bonds. The number of nitrogens with two attached hydrogens (primary N) is 1. The van der Waals surface area contributed by atoms with Crippen LogP contribution < -0.4 is 5.73 Å². The van der Waals surface area contributed by atoms with Crippen LogP contribution in [0.4, 0.5) is 0 Å². The number of pyridine rings is 1. The maximum Gasteiger partial charge on any atom is 0.0781 e. The average Bonchev–Trinajstić information content (AvgIpc) is 2.04. The third-order valence-electron chi connectivity index (χ3n) is 1.53. The summed E-state index contributed by atoms with van der Waals surface area (Å²) in [6.07, 6.45) is 1.66. The molecule has 0 fully saturated rings. The Balaban J connectivity index is 2.88. The first kappa shape index (κ1) is 10.9. The van der Waals surface area contributed by atoms with Crippen molar-refractivity contribution in [2.24, 2.45) is 5.73 Å². The molecule has 0 saturated heterocycles. The summed E-state index contributed by atoms with van der Waals surface area (Å²) in [4.78, 5) is 4.11. The van der Waals surface area contributed by atoms with Crippen LogP contribution in [0.15, 0.2) is 16.7 Å². The maximum absolute atomic E-state index is 5.93. The lowest BCUT2D eigenvalue weighted by Gasteiger charge is -2.11. The third kappa shape index (κ3) is 2.91. The maximum atomic E-state index is 5.93. The molecule has 0 unspecified atom stereocenters. The fourth-order valence-electron chi connectivity index (χ4n) is 0.956. The average molecular weight is 266 g/mol. The molecule has 3 nitrogen and oxygen atoms in total. The fourth-order valence-corrected chi connectivity index (χ4v) is 1.73. The number of nitrogens with zero attached hydrogens (tertiary/aromatic N) is 1. The summed E-state index contributed by atoms with van der Waals surface area (Å²) in [7, 11) is 1.59. The molecule has 0 aliphatic rings. The summed E-state index contributed by atoms with van der Waals surface area (Å²) in [6, 6.07) is 1.49. The summed E-state index contributed by atoms with van der Waals surface area (Å²) >= 11 is 9.20. The van der Waals surface area contributed by atoms with Crippen LogP contribution in [0.5, 0.6) is 0 Å². The smallest absolute Gasteiger partial charge is 0.0781 e. The number of ether oxygens (including phenoxy) is 1. The largest absolute Gasteiger partial charge is 0.383 e. The minimum absolute atomic E-state index is 0.273. The van der Waals surface area contributed by atoms with E-state index in [1.807, 2.05) is 0 Å². The first-order valence-corrected chi connectivity index (χ1v) is 4.87. The van der Waals surface area contributed by atoms with E-state index < -0.39 is 0 Å². The predicted octanol–water partition coefficient (Wildman–Crippen LogP) is 2.14. The van der Waals surface area contributed by atoms with E-state index in [0.29, 0.717) is 17.3 Å². The Morgan fingerprint density at radius 2 is 2.46 bits per heavy atom. The Kier molecular flexibility index (Phi) is 4.12. The monoisotopic (exact) mass is 264 g/mol. The molecule has 1 rings (SSSR count). The van der Waals surface area contributed by atoms with Crippen LogP contribution in [0, 0.1) is 0 Å². The summed E-state index contributed by atoms with van der Waals surface area (Å²) < 4.78 is 5.75. The molecule has 1 aromatic heterocycles. The van der Waals surface area contributed by atoms with Gasteiger partial charge in [0, 0.05) is 17.8 Å². The van der Waals surface area contributed by atoms with Crippen LogP contribution in [0.1, 0.15) is 11.7 Å². The van der Waals surface area contributed by atoms with Gasteiger partial charge in [0.15, 0.2) is 0 Å². The summed E-state index contributed by atoms with van der Waals surface area (Å²) in [5, 5.41) is 0.555. The zero-order valence-corrected chi connectivity index (χ0v) is 9.47. The van der Waals surface area contributed by atoms with Gasteiger partial charge in [-0.2, -0.15) is 0 Å². The lowest BCUT2D eigenvalue weighted by atomic mass is 10.2. The van der Waals surface area contributed by atoms with Gasteiger partial charge in [0.25, 0.3) is 0 Å². The second kappa shape index (κ2) is 4.91. The Bertz CT molecular complexity index is 295. The highest BCUT2D eigenvalue weighted by Crippen LogP contribution is 2.22. The number of halogens is 2. The van der Waals surface area contributed by atoms with E-state index in [2.05, 4.69) is 20.9 Å². The van der Waals surface area contributed by atoms with Crippen molar-refractivity contribution >= 4 is 27.5 Å². The third-order valence-corrected chi connectivity index (χ3v) is 2.27. The van der Waals surface area contributed by atoms with Crippen molar-refractivity contribution in [1.82, 2.24) is 4.98 Å². The predicted molar refractivity (Wildman–Crippen MR) is 55.8 cm³/mol. The Morgan fingerprint density at radius 1 is 1.77 bits per heavy atom. The van der Waals surface area contributed by atoms with Crippen LogP contribution in [-0.2, 0) is 4.74 Å². The van der Waals surface area contributed by atoms with Crippen molar-refractivity contribution in [3.63, 3.8) is 0 Å². The number of methoxy groups -OCH3 is 1. The van der Waals surface area contributed by atoms with Crippen LogP contribution in [0.3, 0.4) is 0 Å². The van der Waals surface area contributed by atoms with Crippen molar-refractivity contribution in [3.05, 3.63) is 27.5 Å². The zero-order chi connectivity index (χ0) is 9.84. The van der Waals surface area contributed by atoms with Gasteiger partial charge in [0.05, 0.1) is 23.4 Å². The molecule has 1 atom stereocenters. The van der Waals surface area contributed by atoms with E-state index in [4.69, 9.17) is 22.1 Å².